The average molecular weight is 261 g/mol. The second-order valence-electron chi connectivity index (χ2n) is 4.98. The largest absolute Gasteiger partial charge is 0.355 e. The van der Waals surface area contributed by atoms with Gasteiger partial charge in [-0.1, -0.05) is 12.1 Å². The molecule has 2 atom stereocenters. The minimum absolute atomic E-state index is 0.00450. The maximum Gasteiger partial charge on any atom is 0.251 e. The molecule has 5 nitrogen and oxygen atoms in total. The highest BCUT2D eigenvalue weighted by molar-refractivity contribution is 5.93. The van der Waals surface area contributed by atoms with Gasteiger partial charge in [0.2, 0.25) is 5.91 Å². The minimum atomic E-state index is -0.111. The molecule has 0 spiro atoms. The smallest absolute Gasteiger partial charge is 0.251 e. The third-order valence-corrected chi connectivity index (χ3v) is 3.40. The zero-order valence-corrected chi connectivity index (χ0v) is 11.2. The van der Waals surface area contributed by atoms with Crippen molar-refractivity contribution in [3.8, 4) is 0 Å². The Hall–Kier alpha value is -1.88. The van der Waals surface area contributed by atoms with Crippen molar-refractivity contribution in [2.24, 2.45) is 11.7 Å². The molecular formula is C14H19N3O2. The molecule has 19 heavy (non-hydrogen) atoms. The van der Waals surface area contributed by atoms with Gasteiger partial charge in [-0.05, 0) is 24.1 Å². The summed E-state index contributed by atoms with van der Waals surface area (Å²) in [7, 11) is 3.38. The Morgan fingerprint density at radius 3 is 2.42 bits per heavy atom. The van der Waals surface area contributed by atoms with Gasteiger partial charge < -0.3 is 16.0 Å². The monoisotopic (exact) mass is 261 g/mol. The van der Waals surface area contributed by atoms with Crippen molar-refractivity contribution < 1.29 is 9.59 Å². The van der Waals surface area contributed by atoms with Crippen molar-refractivity contribution in [1.29, 1.82) is 0 Å². The van der Waals surface area contributed by atoms with Crippen LogP contribution >= 0.6 is 0 Å². The van der Waals surface area contributed by atoms with Crippen molar-refractivity contribution in [2.75, 3.05) is 14.1 Å². The van der Waals surface area contributed by atoms with Crippen LogP contribution in [0.2, 0.25) is 0 Å². The lowest BCUT2D eigenvalue weighted by Gasteiger charge is -2.17. The minimum Gasteiger partial charge on any atom is -0.355 e. The van der Waals surface area contributed by atoms with Gasteiger partial charge in [-0.15, -0.1) is 0 Å². The molecule has 0 aliphatic heterocycles. The standard InChI is InChI=1S/C14H19N3O2/c1-16-13(18)10-5-3-9(4-6-10)8-17(2)14(19)11-7-12(11)15/h3-6,11-12H,7-8,15H2,1-2H3,(H,16,18). The van der Waals surface area contributed by atoms with Crippen LogP contribution in [0.25, 0.3) is 0 Å². The fourth-order valence-corrected chi connectivity index (χ4v) is 2.04. The number of amides is 2. The van der Waals surface area contributed by atoms with E-state index >= 15 is 0 Å². The molecule has 2 unspecified atom stereocenters. The molecule has 2 rings (SSSR count). The topological polar surface area (TPSA) is 75.4 Å². The second-order valence-corrected chi connectivity index (χ2v) is 4.98. The maximum atomic E-state index is 11.9. The van der Waals surface area contributed by atoms with Crippen LogP contribution in [0.5, 0.6) is 0 Å². The molecule has 1 aromatic rings. The molecule has 1 aliphatic carbocycles. The predicted molar refractivity (Wildman–Crippen MR) is 72.4 cm³/mol. The highest BCUT2D eigenvalue weighted by Gasteiger charge is 2.41. The zero-order chi connectivity index (χ0) is 14.0. The fourth-order valence-electron chi connectivity index (χ4n) is 2.04. The second kappa shape index (κ2) is 5.40. The highest BCUT2D eigenvalue weighted by Crippen LogP contribution is 2.29. The normalized spacial score (nSPS) is 20.8. The SMILES string of the molecule is CNC(=O)c1ccc(CN(C)C(=O)C2CC2N)cc1. The number of carbonyl (C=O) groups excluding carboxylic acids is 2. The molecule has 0 aromatic heterocycles. The molecule has 0 bridgehead atoms. The number of nitrogens with zero attached hydrogens (tertiary/aromatic N) is 1. The first-order valence-electron chi connectivity index (χ1n) is 6.34. The van der Waals surface area contributed by atoms with Gasteiger partial charge in [0.05, 0.1) is 5.92 Å². The van der Waals surface area contributed by atoms with Crippen molar-refractivity contribution in [1.82, 2.24) is 10.2 Å². The van der Waals surface area contributed by atoms with E-state index in [1.807, 2.05) is 12.1 Å². The first-order valence-corrected chi connectivity index (χ1v) is 6.34. The lowest BCUT2D eigenvalue weighted by molar-refractivity contribution is -0.131. The quantitative estimate of drug-likeness (QED) is 0.821. The van der Waals surface area contributed by atoms with Gasteiger partial charge in [-0.25, -0.2) is 0 Å². The average Bonchev–Trinajstić information content (AvgIpc) is 3.14. The first-order chi connectivity index (χ1) is 9.02. The van der Waals surface area contributed by atoms with Gasteiger partial charge in [-0.2, -0.15) is 0 Å². The number of nitrogens with two attached hydrogens (primary N) is 1. The molecule has 1 fully saturated rings. The number of nitrogens with one attached hydrogen (secondary N) is 1. The first kappa shape index (κ1) is 13.5. The van der Waals surface area contributed by atoms with Gasteiger partial charge >= 0.3 is 0 Å². The number of rotatable bonds is 4. The van der Waals surface area contributed by atoms with E-state index < -0.39 is 0 Å². The fraction of sp³-hybridized carbons (Fsp3) is 0.429. The summed E-state index contributed by atoms with van der Waals surface area (Å²) in [5, 5.41) is 2.57. The summed E-state index contributed by atoms with van der Waals surface area (Å²) in [5.41, 5.74) is 7.29. The Morgan fingerprint density at radius 2 is 1.95 bits per heavy atom. The number of hydrogen-bond acceptors (Lipinski definition) is 3. The van der Waals surface area contributed by atoms with Crippen LogP contribution in [0, 0.1) is 5.92 Å². The van der Waals surface area contributed by atoms with E-state index in [1.165, 1.54) is 0 Å². The summed E-state index contributed by atoms with van der Waals surface area (Å²) >= 11 is 0. The molecule has 102 valence electrons. The Balaban J connectivity index is 1.95. The Kier molecular flexibility index (Phi) is 3.85. The summed E-state index contributed by atoms with van der Waals surface area (Å²) in [4.78, 5) is 25.0. The molecule has 0 radical (unpaired) electrons. The van der Waals surface area contributed by atoms with Crippen molar-refractivity contribution in [3.05, 3.63) is 35.4 Å². The van der Waals surface area contributed by atoms with Crippen LogP contribution in [0.1, 0.15) is 22.3 Å². The Morgan fingerprint density at radius 1 is 1.37 bits per heavy atom. The van der Waals surface area contributed by atoms with E-state index in [2.05, 4.69) is 5.32 Å². The van der Waals surface area contributed by atoms with E-state index in [1.54, 1.807) is 31.1 Å². The van der Waals surface area contributed by atoms with Crippen molar-refractivity contribution in [3.63, 3.8) is 0 Å². The molecule has 0 saturated heterocycles. The Labute approximate surface area is 112 Å². The third-order valence-electron chi connectivity index (χ3n) is 3.40. The molecule has 1 aromatic carbocycles. The van der Waals surface area contributed by atoms with Crippen LogP contribution in [-0.4, -0.2) is 36.9 Å². The molecule has 0 heterocycles. The predicted octanol–water partition coefficient (Wildman–Crippen LogP) is 0.352. The van der Waals surface area contributed by atoms with Gasteiger partial charge in [0.1, 0.15) is 0 Å². The van der Waals surface area contributed by atoms with E-state index in [9.17, 15) is 9.59 Å². The third kappa shape index (κ3) is 3.12. The van der Waals surface area contributed by atoms with Crippen molar-refractivity contribution in [2.45, 2.75) is 19.0 Å². The highest BCUT2D eigenvalue weighted by atomic mass is 16.2. The molecular weight excluding hydrogens is 242 g/mol. The van der Waals surface area contributed by atoms with E-state index in [4.69, 9.17) is 5.73 Å². The molecule has 2 amide bonds. The summed E-state index contributed by atoms with van der Waals surface area (Å²) in [6.45, 7) is 0.538. The maximum absolute atomic E-state index is 11.9. The summed E-state index contributed by atoms with van der Waals surface area (Å²) in [6.07, 6.45) is 0.790. The van der Waals surface area contributed by atoms with Gasteiger partial charge in [0.15, 0.2) is 0 Å². The zero-order valence-electron chi connectivity index (χ0n) is 11.2. The summed E-state index contributed by atoms with van der Waals surface area (Å²) in [6, 6.07) is 7.28. The molecule has 1 saturated carbocycles. The molecule has 3 N–H and O–H groups in total. The number of hydrogen-bond donors (Lipinski definition) is 2. The molecule has 1 aliphatic rings. The lowest BCUT2D eigenvalue weighted by Crippen LogP contribution is -2.29. The number of benzene rings is 1. The van der Waals surface area contributed by atoms with Gasteiger partial charge in [0, 0.05) is 32.2 Å². The van der Waals surface area contributed by atoms with E-state index in [-0.39, 0.29) is 23.8 Å². The van der Waals surface area contributed by atoms with Crippen LogP contribution in [0.15, 0.2) is 24.3 Å². The van der Waals surface area contributed by atoms with Gasteiger partial charge in [0.25, 0.3) is 5.91 Å². The van der Waals surface area contributed by atoms with Crippen molar-refractivity contribution >= 4 is 11.8 Å². The van der Waals surface area contributed by atoms with Crippen LogP contribution < -0.4 is 11.1 Å². The number of carbonyl (C=O) groups is 2. The van der Waals surface area contributed by atoms with E-state index in [0.29, 0.717) is 12.1 Å². The van der Waals surface area contributed by atoms with E-state index in [0.717, 1.165) is 12.0 Å². The summed E-state index contributed by atoms with van der Waals surface area (Å²) in [5.74, 6) is -0.0158. The van der Waals surface area contributed by atoms with Crippen LogP contribution in [0.4, 0.5) is 0 Å². The lowest BCUT2D eigenvalue weighted by atomic mass is 10.1. The van der Waals surface area contributed by atoms with Crippen LogP contribution in [-0.2, 0) is 11.3 Å². The summed E-state index contributed by atoms with van der Waals surface area (Å²) < 4.78 is 0. The molecule has 5 heteroatoms. The van der Waals surface area contributed by atoms with Gasteiger partial charge in [-0.3, -0.25) is 9.59 Å². The van der Waals surface area contributed by atoms with Crippen LogP contribution in [0.3, 0.4) is 0 Å². The Bertz CT molecular complexity index is 484.